The summed E-state index contributed by atoms with van der Waals surface area (Å²) >= 11 is 3.25. The number of hydrogen-bond acceptors (Lipinski definition) is 5. The van der Waals surface area contributed by atoms with Gasteiger partial charge in [0.2, 0.25) is 0 Å². The Hall–Kier alpha value is -2.85. The van der Waals surface area contributed by atoms with Crippen molar-refractivity contribution in [3.63, 3.8) is 0 Å². The van der Waals surface area contributed by atoms with E-state index < -0.39 is 18.0 Å². The van der Waals surface area contributed by atoms with E-state index in [1.54, 1.807) is 36.4 Å². The molecule has 1 atom stereocenters. The van der Waals surface area contributed by atoms with Gasteiger partial charge in [-0.25, -0.2) is 4.79 Å². The van der Waals surface area contributed by atoms with E-state index in [0.717, 1.165) is 0 Å². The number of nitrogens with one attached hydrogen (secondary N) is 1. The van der Waals surface area contributed by atoms with Gasteiger partial charge in [-0.1, -0.05) is 15.9 Å². The number of hydrogen-bond donors (Lipinski definition) is 2. The third kappa shape index (κ3) is 4.33. The number of nitrogens with zero attached hydrogens (tertiary/aromatic N) is 1. The van der Waals surface area contributed by atoms with Gasteiger partial charge in [-0.3, -0.25) is 4.79 Å². The summed E-state index contributed by atoms with van der Waals surface area (Å²) in [5.74, 6) is -1.17. The van der Waals surface area contributed by atoms with E-state index >= 15 is 0 Å². The first-order valence-corrected chi connectivity index (χ1v) is 7.77. The predicted octanol–water partition coefficient (Wildman–Crippen LogP) is 3.09. The number of nitriles is 1. The Kier molecular flexibility index (Phi) is 5.55. The first-order chi connectivity index (χ1) is 11.4. The highest BCUT2D eigenvalue weighted by molar-refractivity contribution is 9.10. The number of nitrogens with two attached hydrogens (primary N) is 1. The highest BCUT2D eigenvalue weighted by atomic mass is 79.9. The van der Waals surface area contributed by atoms with Gasteiger partial charge in [-0.15, -0.1) is 0 Å². The van der Waals surface area contributed by atoms with Gasteiger partial charge in [0.15, 0.2) is 6.10 Å². The molecule has 0 aromatic heterocycles. The minimum Gasteiger partial charge on any atom is -0.449 e. The molecule has 0 spiro atoms. The molecular weight excluding hydrogens is 374 g/mol. The molecule has 0 aliphatic carbocycles. The SMILES string of the molecule is C[C@@H](OC(=O)c1cc(Br)ccc1N)C(=O)Nc1ccc(C#N)cc1. The molecule has 0 radical (unpaired) electrons. The molecule has 7 heteroatoms. The lowest BCUT2D eigenvalue weighted by Crippen LogP contribution is -2.30. The predicted molar refractivity (Wildman–Crippen MR) is 93.2 cm³/mol. The zero-order chi connectivity index (χ0) is 17.7. The van der Waals surface area contributed by atoms with Crippen molar-refractivity contribution in [3.8, 4) is 6.07 Å². The molecule has 0 aliphatic heterocycles. The Balaban J connectivity index is 2.01. The Morgan fingerprint density at radius 3 is 2.54 bits per heavy atom. The van der Waals surface area contributed by atoms with Crippen molar-refractivity contribution >= 4 is 39.2 Å². The fourth-order valence-electron chi connectivity index (χ4n) is 1.85. The highest BCUT2D eigenvalue weighted by Crippen LogP contribution is 2.20. The third-order valence-corrected chi connectivity index (χ3v) is 3.66. The van der Waals surface area contributed by atoms with Gasteiger partial charge in [-0.2, -0.15) is 5.26 Å². The van der Waals surface area contributed by atoms with Gasteiger partial charge in [-0.05, 0) is 49.4 Å². The zero-order valence-electron chi connectivity index (χ0n) is 12.7. The van der Waals surface area contributed by atoms with Crippen molar-refractivity contribution in [1.82, 2.24) is 0 Å². The number of amides is 1. The normalized spacial score (nSPS) is 11.2. The Bertz CT molecular complexity index is 813. The van der Waals surface area contributed by atoms with Crippen molar-refractivity contribution in [1.29, 1.82) is 5.26 Å². The van der Waals surface area contributed by atoms with Crippen LogP contribution >= 0.6 is 15.9 Å². The first kappa shape index (κ1) is 17.5. The maximum atomic E-state index is 12.1. The largest absolute Gasteiger partial charge is 0.449 e. The van der Waals surface area contributed by atoms with Crippen molar-refractivity contribution in [2.24, 2.45) is 0 Å². The molecule has 0 unspecified atom stereocenters. The molecule has 0 saturated carbocycles. The quantitative estimate of drug-likeness (QED) is 0.619. The van der Waals surface area contributed by atoms with E-state index in [-0.39, 0.29) is 11.3 Å². The van der Waals surface area contributed by atoms with E-state index in [1.807, 2.05) is 6.07 Å². The summed E-state index contributed by atoms with van der Waals surface area (Å²) in [5.41, 5.74) is 7.18. The van der Waals surface area contributed by atoms with Crippen LogP contribution < -0.4 is 11.1 Å². The number of rotatable bonds is 4. The van der Waals surface area contributed by atoms with Crippen molar-refractivity contribution in [2.75, 3.05) is 11.1 Å². The van der Waals surface area contributed by atoms with Gasteiger partial charge in [0.1, 0.15) is 0 Å². The molecular formula is C17H14BrN3O3. The fourth-order valence-corrected chi connectivity index (χ4v) is 2.22. The number of nitrogen functional groups attached to an aromatic ring is 1. The number of ether oxygens (including phenoxy) is 1. The Morgan fingerprint density at radius 1 is 1.25 bits per heavy atom. The molecule has 2 aromatic rings. The fraction of sp³-hybridized carbons (Fsp3) is 0.118. The Labute approximate surface area is 147 Å². The minimum atomic E-state index is -1.01. The van der Waals surface area contributed by atoms with E-state index in [4.69, 9.17) is 15.7 Å². The van der Waals surface area contributed by atoms with Crippen molar-refractivity contribution in [3.05, 3.63) is 58.1 Å². The molecule has 0 heterocycles. The molecule has 24 heavy (non-hydrogen) atoms. The van der Waals surface area contributed by atoms with Gasteiger partial charge < -0.3 is 15.8 Å². The molecule has 0 fully saturated rings. The van der Waals surface area contributed by atoms with Crippen LogP contribution in [0.2, 0.25) is 0 Å². The standard InChI is InChI=1S/C17H14BrN3O3/c1-10(16(22)21-13-5-2-11(9-19)3-6-13)24-17(23)14-8-12(18)4-7-15(14)20/h2-8,10H,20H2,1H3,(H,21,22)/t10-/m1/s1. The topological polar surface area (TPSA) is 105 Å². The summed E-state index contributed by atoms with van der Waals surface area (Å²) in [6.45, 7) is 1.46. The second kappa shape index (κ2) is 7.62. The molecule has 2 rings (SSSR count). The smallest absolute Gasteiger partial charge is 0.341 e. The zero-order valence-corrected chi connectivity index (χ0v) is 14.3. The molecule has 1 amide bonds. The second-order valence-corrected chi connectivity index (χ2v) is 5.87. The molecule has 3 N–H and O–H groups in total. The van der Waals surface area contributed by atoms with Gasteiger partial charge >= 0.3 is 5.97 Å². The average Bonchev–Trinajstić information content (AvgIpc) is 2.57. The lowest BCUT2D eigenvalue weighted by Gasteiger charge is -2.14. The van der Waals surface area contributed by atoms with Gasteiger partial charge in [0.05, 0.1) is 17.2 Å². The summed E-state index contributed by atoms with van der Waals surface area (Å²) in [7, 11) is 0. The van der Waals surface area contributed by atoms with Crippen LogP contribution in [0.4, 0.5) is 11.4 Å². The second-order valence-electron chi connectivity index (χ2n) is 4.96. The molecule has 0 saturated heterocycles. The Morgan fingerprint density at radius 2 is 1.92 bits per heavy atom. The monoisotopic (exact) mass is 387 g/mol. The van der Waals surface area contributed by atoms with Crippen LogP contribution in [0.25, 0.3) is 0 Å². The lowest BCUT2D eigenvalue weighted by molar-refractivity contribution is -0.123. The summed E-state index contributed by atoms with van der Waals surface area (Å²) < 4.78 is 5.83. The minimum absolute atomic E-state index is 0.183. The van der Waals surface area contributed by atoms with Crippen molar-refractivity contribution in [2.45, 2.75) is 13.0 Å². The number of carbonyl (C=O) groups excluding carboxylic acids is 2. The highest BCUT2D eigenvalue weighted by Gasteiger charge is 2.20. The van der Waals surface area contributed by atoms with E-state index in [1.165, 1.54) is 13.0 Å². The number of carbonyl (C=O) groups is 2. The van der Waals surface area contributed by atoms with Crippen LogP contribution in [-0.2, 0) is 9.53 Å². The number of esters is 1. The van der Waals surface area contributed by atoms with E-state index in [9.17, 15) is 9.59 Å². The lowest BCUT2D eigenvalue weighted by atomic mass is 10.2. The van der Waals surface area contributed by atoms with Crippen molar-refractivity contribution < 1.29 is 14.3 Å². The summed E-state index contributed by atoms with van der Waals surface area (Å²) in [5, 5.41) is 11.3. The summed E-state index contributed by atoms with van der Waals surface area (Å²) in [4.78, 5) is 24.2. The molecule has 0 aliphatic rings. The number of anilines is 2. The third-order valence-electron chi connectivity index (χ3n) is 3.17. The van der Waals surface area contributed by atoms with Crippen LogP contribution in [0.15, 0.2) is 46.9 Å². The van der Waals surface area contributed by atoms with Crippen LogP contribution in [0.1, 0.15) is 22.8 Å². The first-order valence-electron chi connectivity index (χ1n) is 6.97. The summed E-state index contributed by atoms with van der Waals surface area (Å²) in [6.07, 6.45) is -1.01. The van der Waals surface area contributed by atoms with Crippen LogP contribution in [0, 0.1) is 11.3 Å². The number of benzene rings is 2. The van der Waals surface area contributed by atoms with Crippen LogP contribution in [0.5, 0.6) is 0 Å². The molecule has 2 aromatic carbocycles. The average molecular weight is 388 g/mol. The number of halogens is 1. The van der Waals surface area contributed by atoms with Crippen LogP contribution in [0.3, 0.4) is 0 Å². The molecule has 6 nitrogen and oxygen atoms in total. The van der Waals surface area contributed by atoms with E-state index in [2.05, 4.69) is 21.2 Å². The maximum Gasteiger partial charge on any atom is 0.341 e. The molecule has 0 bridgehead atoms. The molecule has 122 valence electrons. The van der Waals surface area contributed by atoms with E-state index in [0.29, 0.717) is 15.7 Å². The summed E-state index contributed by atoms with van der Waals surface area (Å²) in [6, 6.07) is 13.1. The van der Waals surface area contributed by atoms with Gasteiger partial charge in [0, 0.05) is 15.8 Å². The maximum absolute atomic E-state index is 12.1. The van der Waals surface area contributed by atoms with Crippen LogP contribution in [-0.4, -0.2) is 18.0 Å². The van der Waals surface area contributed by atoms with Gasteiger partial charge in [0.25, 0.3) is 5.91 Å².